The molecule has 1 N–H and O–H groups in total. The average molecular weight is 256 g/mol. The first-order valence-corrected chi connectivity index (χ1v) is 6.46. The van der Waals surface area contributed by atoms with Crippen molar-refractivity contribution in [1.82, 2.24) is 14.8 Å². The van der Waals surface area contributed by atoms with Gasteiger partial charge in [-0.05, 0) is 39.9 Å². The molecule has 2 atom stereocenters. The number of aromatic nitrogens is 3. The average Bonchev–Trinajstić information content (AvgIpc) is 2.64. The first-order chi connectivity index (χ1) is 8.00. The molecule has 1 saturated heterocycles. The summed E-state index contributed by atoms with van der Waals surface area (Å²) in [4.78, 5) is 2.26. The molecule has 1 fully saturated rings. The Hall–Kier alpha value is -0.880. The van der Waals surface area contributed by atoms with E-state index in [1.54, 1.807) is 0 Å². The molecule has 0 spiro atoms. The second-order valence-electron chi connectivity index (χ2n) is 4.94. The van der Waals surface area contributed by atoms with Crippen molar-refractivity contribution in [2.24, 2.45) is 0 Å². The van der Waals surface area contributed by atoms with E-state index in [0.29, 0.717) is 16.9 Å². The number of anilines is 1. The summed E-state index contributed by atoms with van der Waals surface area (Å²) in [6.07, 6.45) is 0.233. The van der Waals surface area contributed by atoms with Crippen LogP contribution in [-0.2, 0) is 4.74 Å². The minimum Gasteiger partial charge on any atom is -0.375 e. The fourth-order valence-corrected chi connectivity index (χ4v) is 2.48. The predicted octanol–water partition coefficient (Wildman–Crippen LogP) is 2.14. The zero-order valence-electron chi connectivity index (χ0n) is 10.8. The molecule has 6 heteroatoms. The maximum atomic E-state index is 5.63. The van der Waals surface area contributed by atoms with Gasteiger partial charge in [0.2, 0.25) is 5.95 Å². The third-order valence-corrected chi connectivity index (χ3v) is 3.35. The van der Waals surface area contributed by atoms with Crippen LogP contribution in [0.4, 0.5) is 5.95 Å². The van der Waals surface area contributed by atoms with Gasteiger partial charge in [-0.15, -0.1) is 5.10 Å². The molecule has 0 radical (unpaired) electrons. The second kappa shape index (κ2) is 4.78. The third-order valence-electron chi connectivity index (χ3n) is 3.07. The number of morpholine rings is 1. The number of H-pyrrole nitrogens is 1. The van der Waals surface area contributed by atoms with Gasteiger partial charge in [0.15, 0.2) is 4.77 Å². The van der Waals surface area contributed by atoms with Gasteiger partial charge >= 0.3 is 0 Å². The maximum Gasteiger partial charge on any atom is 0.226 e. The quantitative estimate of drug-likeness (QED) is 0.823. The van der Waals surface area contributed by atoms with Crippen LogP contribution in [0, 0.1) is 4.77 Å². The van der Waals surface area contributed by atoms with Crippen molar-refractivity contribution in [1.29, 1.82) is 0 Å². The van der Waals surface area contributed by atoms with Crippen molar-refractivity contribution < 1.29 is 4.74 Å². The molecule has 0 aliphatic carbocycles. The van der Waals surface area contributed by atoms with Gasteiger partial charge in [0.1, 0.15) is 0 Å². The Morgan fingerprint density at radius 2 is 2.18 bits per heavy atom. The summed E-state index contributed by atoms with van der Waals surface area (Å²) in [7, 11) is 0. The van der Waals surface area contributed by atoms with Crippen LogP contribution in [0.15, 0.2) is 0 Å². The van der Waals surface area contributed by atoms with Crippen LogP contribution in [0.3, 0.4) is 0 Å². The molecule has 5 nitrogen and oxygen atoms in total. The highest BCUT2D eigenvalue weighted by Crippen LogP contribution is 2.22. The van der Waals surface area contributed by atoms with Crippen LogP contribution in [0.2, 0.25) is 0 Å². The van der Waals surface area contributed by atoms with Crippen LogP contribution < -0.4 is 4.90 Å². The van der Waals surface area contributed by atoms with Crippen molar-refractivity contribution in [3.05, 3.63) is 4.77 Å². The summed E-state index contributed by atoms with van der Waals surface area (Å²) in [5, 5.41) is 7.25. The molecule has 1 aromatic heterocycles. The number of aromatic amines is 1. The first kappa shape index (κ1) is 12.6. The van der Waals surface area contributed by atoms with Crippen molar-refractivity contribution in [2.75, 3.05) is 18.1 Å². The summed E-state index contributed by atoms with van der Waals surface area (Å²) in [5.41, 5.74) is 0. The fraction of sp³-hybridized carbons (Fsp3) is 0.818. The molecule has 17 heavy (non-hydrogen) atoms. The van der Waals surface area contributed by atoms with E-state index in [2.05, 4.69) is 47.4 Å². The van der Waals surface area contributed by atoms with Crippen LogP contribution >= 0.6 is 12.2 Å². The standard InChI is InChI=1S/C11H20N4OS/c1-7(2)15-10(12-13-11(15)17)14-5-9(4)16-6-8(14)3/h7-9H,5-6H2,1-4H3,(H,13,17). The number of ether oxygens (including phenoxy) is 1. The van der Waals surface area contributed by atoms with Crippen molar-refractivity contribution in [2.45, 2.75) is 45.9 Å². The van der Waals surface area contributed by atoms with Gasteiger partial charge in [-0.25, -0.2) is 5.10 Å². The van der Waals surface area contributed by atoms with E-state index in [1.807, 2.05) is 0 Å². The molecule has 0 amide bonds. The molecule has 2 unspecified atom stereocenters. The maximum absolute atomic E-state index is 5.63. The molecule has 96 valence electrons. The molecule has 2 rings (SSSR count). The molecule has 0 bridgehead atoms. The van der Waals surface area contributed by atoms with Gasteiger partial charge in [0.25, 0.3) is 0 Å². The molecular formula is C11H20N4OS. The van der Waals surface area contributed by atoms with Crippen LogP contribution in [0.1, 0.15) is 33.7 Å². The molecule has 2 heterocycles. The van der Waals surface area contributed by atoms with Gasteiger partial charge in [0, 0.05) is 12.6 Å². The predicted molar refractivity (Wildman–Crippen MR) is 70.0 cm³/mol. The Bertz CT molecular complexity index is 439. The Labute approximate surface area is 107 Å². The Morgan fingerprint density at radius 1 is 1.47 bits per heavy atom. The van der Waals surface area contributed by atoms with E-state index in [9.17, 15) is 0 Å². The molecular weight excluding hydrogens is 236 g/mol. The molecule has 0 aromatic carbocycles. The van der Waals surface area contributed by atoms with Gasteiger partial charge in [-0.1, -0.05) is 0 Å². The smallest absolute Gasteiger partial charge is 0.226 e. The highest BCUT2D eigenvalue weighted by molar-refractivity contribution is 7.71. The number of nitrogens with one attached hydrogen (secondary N) is 1. The van der Waals surface area contributed by atoms with Gasteiger partial charge in [-0.2, -0.15) is 0 Å². The largest absolute Gasteiger partial charge is 0.375 e. The third kappa shape index (κ3) is 2.37. The molecule has 0 saturated carbocycles. The number of hydrogen-bond donors (Lipinski definition) is 1. The summed E-state index contributed by atoms with van der Waals surface area (Å²) in [6.45, 7) is 10.0. The Kier molecular flexibility index (Phi) is 3.53. The minimum absolute atomic E-state index is 0.233. The van der Waals surface area contributed by atoms with Gasteiger partial charge in [0.05, 0.1) is 18.8 Å². The van der Waals surface area contributed by atoms with Crippen LogP contribution in [0.25, 0.3) is 0 Å². The Morgan fingerprint density at radius 3 is 2.82 bits per heavy atom. The zero-order chi connectivity index (χ0) is 12.6. The van der Waals surface area contributed by atoms with Crippen LogP contribution in [0.5, 0.6) is 0 Å². The number of rotatable bonds is 2. The monoisotopic (exact) mass is 256 g/mol. The lowest BCUT2D eigenvalue weighted by Crippen LogP contribution is -2.48. The second-order valence-corrected chi connectivity index (χ2v) is 5.32. The first-order valence-electron chi connectivity index (χ1n) is 6.06. The van der Waals surface area contributed by atoms with Crippen molar-refractivity contribution >= 4 is 18.2 Å². The van der Waals surface area contributed by atoms with E-state index in [0.717, 1.165) is 19.1 Å². The SMILES string of the molecule is CC1CN(c2n[nH]c(=S)n2C(C)C)C(C)CO1. The lowest BCUT2D eigenvalue weighted by atomic mass is 10.2. The summed E-state index contributed by atoms with van der Waals surface area (Å²) >= 11 is 5.27. The number of nitrogens with zero attached hydrogens (tertiary/aromatic N) is 3. The lowest BCUT2D eigenvalue weighted by Gasteiger charge is -2.37. The highest BCUT2D eigenvalue weighted by atomic mass is 32.1. The molecule has 1 aliphatic heterocycles. The summed E-state index contributed by atoms with van der Waals surface area (Å²) in [5.74, 6) is 0.924. The zero-order valence-corrected chi connectivity index (χ0v) is 11.6. The summed E-state index contributed by atoms with van der Waals surface area (Å²) in [6, 6.07) is 0.635. The lowest BCUT2D eigenvalue weighted by molar-refractivity contribution is 0.0333. The summed E-state index contributed by atoms with van der Waals surface area (Å²) < 4.78 is 8.38. The van der Waals surface area contributed by atoms with Gasteiger partial charge < -0.3 is 9.64 Å². The molecule has 1 aromatic rings. The van der Waals surface area contributed by atoms with E-state index >= 15 is 0 Å². The van der Waals surface area contributed by atoms with E-state index < -0.39 is 0 Å². The normalized spacial score (nSPS) is 25.6. The topological polar surface area (TPSA) is 46.1 Å². The van der Waals surface area contributed by atoms with Crippen LogP contribution in [-0.4, -0.2) is 40.1 Å². The van der Waals surface area contributed by atoms with E-state index in [-0.39, 0.29) is 6.10 Å². The fourth-order valence-electron chi connectivity index (χ4n) is 2.15. The minimum atomic E-state index is 0.233. The molecule has 1 aliphatic rings. The van der Waals surface area contributed by atoms with E-state index in [1.165, 1.54) is 0 Å². The Balaban J connectivity index is 2.35. The highest BCUT2D eigenvalue weighted by Gasteiger charge is 2.27. The van der Waals surface area contributed by atoms with Gasteiger partial charge in [-0.3, -0.25) is 4.57 Å². The van der Waals surface area contributed by atoms with E-state index in [4.69, 9.17) is 17.0 Å². The number of hydrogen-bond acceptors (Lipinski definition) is 4. The van der Waals surface area contributed by atoms with Crippen molar-refractivity contribution in [3.8, 4) is 0 Å². The van der Waals surface area contributed by atoms with Crippen molar-refractivity contribution in [3.63, 3.8) is 0 Å².